The Morgan fingerprint density at radius 1 is 1.24 bits per heavy atom. The minimum absolute atomic E-state index is 0.0109. The minimum Gasteiger partial charge on any atom is -0.486 e. The summed E-state index contributed by atoms with van der Waals surface area (Å²) in [6.07, 6.45) is 5.53. The van der Waals surface area contributed by atoms with Gasteiger partial charge >= 0.3 is 0 Å². The molecule has 1 N–H and O–H groups in total. The van der Waals surface area contributed by atoms with Crippen molar-refractivity contribution in [2.24, 2.45) is 0 Å². The van der Waals surface area contributed by atoms with Gasteiger partial charge in [0.2, 0.25) is 5.91 Å². The number of nitrogens with one attached hydrogen (secondary N) is 1. The average Bonchev–Trinajstić information content (AvgIpc) is 2.51. The molecule has 2 rings (SSSR count). The molecule has 1 aromatic rings. The van der Waals surface area contributed by atoms with Crippen LogP contribution in [0.2, 0.25) is 0 Å². The quantitative estimate of drug-likeness (QED) is 0.590. The molecule has 0 unspecified atom stereocenters. The van der Waals surface area contributed by atoms with Gasteiger partial charge in [-0.3, -0.25) is 4.79 Å². The molecule has 0 aromatic heterocycles. The number of amides is 1. The fourth-order valence-corrected chi connectivity index (χ4v) is 2.66. The first-order chi connectivity index (χ1) is 10.2. The maximum Gasteiger partial charge on any atom is 0.238 e. The van der Waals surface area contributed by atoms with E-state index in [1.165, 1.54) is 19.3 Å². The Hall–Kier alpha value is -1.23. The zero-order chi connectivity index (χ0) is 15.1. The highest BCUT2D eigenvalue weighted by Gasteiger charge is 2.16. The summed E-state index contributed by atoms with van der Waals surface area (Å²) in [5, 5.41) is 2.91. The van der Waals surface area contributed by atoms with Crippen molar-refractivity contribution in [2.45, 2.75) is 43.9 Å². The molecule has 116 valence electrons. The van der Waals surface area contributed by atoms with Gasteiger partial charge in [-0.1, -0.05) is 48.5 Å². The van der Waals surface area contributed by atoms with Crippen LogP contribution in [0.25, 0.3) is 0 Å². The normalized spacial score (nSPS) is 14.6. The molecule has 0 bridgehead atoms. The maximum atomic E-state index is 12.1. The van der Waals surface area contributed by atoms with Crippen LogP contribution in [0.1, 0.15) is 39.0 Å². The molecule has 0 saturated carbocycles. The third kappa shape index (κ3) is 4.92. The Bertz CT molecular complexity index is 479. The third-order valence-corrected chi connectivity index (χ3v) is 4.28. The van der Waals surface area contributed by atoms with Crippen molar-refractivity contribution in [1.82, 2.24) is 0 Å². The van der Waals surface area contributed by atoms with E-state index >= 15 is 0 Å². The summed E-state index contributed by atoms with van der Waals surface area (Å²) in [7, 11) is 0. The lowest BCUT2D eigenvalue weighted by atomic mass is 10.1. The lowest BCUT2D eigenvalue weighted by Crippen LogP contribution is -2.23. The second kappa shape index (κ2) is 8.27. The Kier molecular flexibility index (Phi) is 6.36. The van der Waals surface area contributed by atoms with Crippen LogP contribution in [-0.2, 0) is 4.79 Å². The topological polar surface area (TPSA) is 47.6 Å². The summed E-state index contributed by atoms with van der Waals surface area (Å²) in [4.78, 5) is 12.0. The molecule has 1 heterocycles. The van der Waals surface area contributed by atoms with E-state index in [0.29, 0.717) is 19.0 Å². The molecule has 1 aliphatic heterocycles. The molecule has 4 nitrogen and oxygen atoms in total. The first-order valence-electron chi connectivity index (χ1n) is 7.55. The van der Waals surface area contributed by atoms with Crippen LogP contribution in [-0.4, -0.2) is 23.9 Å². The highest BCUT2D eigenvalue weighted by Crippen LogP contribution is 2.32. The van der Waals surface area contributed by atoms with Crippen LogP contribution >= 0.6 is 15.9 Å². The van der Waals surface area contributed by atoms with Crippen molar-refractivity contribution < 1.29 is 14.3 Å². The largest absolute Gasteiger partial charge is 0.486 e. The molecule has 0 saturated heterocycles. The van der Waals surface area contributed by atoms with Crippen LogP contribution in [0.15, 0.2) is 18.2 Å². The van der Waals surface area contributed by atoms with Gasteiger partial charge in [0.1, 0.15) is 13.2 Å². The lowest BCUT2D eigenvalue weighted by molar-refractivity contribution is -0.115. The number of halogens is 1. The van der Waals surface area contributed by atoms with E-state index < -0.39 is 0 Å². The van der Waals surface area contributed by atoms with Crippen molar-refractivity contribution >= 4 is 27.5 Å². The van der Waals surface area contributed by atoms with E-state index in [0.717, 1.165) is 24.3 Å². The summed E-state index contributed by atoms with van der Waals surface area (Å²) in [5.74, 6) is 1.41. The molecule has 0 spiro atoms. The molecule has 1 aromatic carbocycles. The number of ether oxygens (including phenoxy) is 2. The van der Waals surface area contributed by atoms with Crippen molar-refractivity contribution in [3.05, 3.63) is 18.2 Å². The number of carbonyl (C=O) groups is 1. The van der Waals surface area contributed by atoms with Crippen LogP contribution < -0.4 is 14.8 Å². The number of anilines is 1. The Morgan fingerprint density at radius 2 is 2.00 bits per heavy atom. The number of hydrogen-bond donors (Lipinski definition) is 1. The molecule has 1 amide bonds. The average molecular weight is 356 g/mol. The smallest absolute Gasteiger partial charge is 0.238 e. The maximum absolute atomic E-state index is 12.1. The molecule has 5 heteroatoms. The fraction of sp³-hybridized carbons (Fsp3) is 0.562. The standard InChI is InChI=1S/C16H22BrNO3/c1-2-3-4-5-6-13(17)16(19)18-12-7-8-14-15(11-12)21-10-9-20-14/h7-8,11,13H,2-6,9-10H2,1H3,(H,18,19)/t13-/m0/s1. The number of alkyl halides is 1. The third-order valence-electron chi connectivity index (χ3n) is 3.41. The van der Waals surface area contributed by atoms with Gasteiger partial charge < -0.3 is 14.8 Å². The van der Waals surface area contributed by atoms with E-state index in [9.17, 15) is 4.79 Å². The Balaban J connectivity index is 1.84. The van der Waals surface area contributed by atoms with Crippen LogP contribution in [0.5, 0.6) is 11.5 Å². The SMILES string of the molecule is CCCCCC[C@H](Br)C(=O)Nc1ccc2c(c1)OCCO2. The van der Waals surface area contributed by atoms with Crippen molar-refractivity contribution in [2.75, 3.05) is 18.5 Å². The van der Waals surface area contributed by atoms with Gasteiger partial charge in [0, 0.05) is 11.8 Å². The molecule has 0 aliphatic carbocycles. The van der Waals surface area contributed by atoms with Crippen molar-refractivity contribution in [3.8, 4) is 11.5 Å². The zero-order valence-corrected chi connectivity index (χ0v) is 13.9. The van der Waals surface area contributed by atoms with Crippen LogP contribution in [0.4, 0.5) is 5.69 Å². The van der Waals surface area contributed by atoms with E-state index in [1.807, 2.05) is 18.2 Å². The number of benzene rings is 1. The van der Waals surface area contributed by atoms with E-state index in [4.69, 9.17) is 9.47 Å². The predicted octanol–water partition coefficient (Wildman–Crippen LogP) is 4.13. The molecule has 21 heavy (non-hydrogen) atoms. The fourth-order valence-electron chi connectivity index (χ4n) is 2.22. The summed E-state index contributed by atoms with van der Waals surface area (Å²) in [6, 6.07) is 5.47. The second-order valence-electron chi connectivity index (χ2n) is 5.16. The number of fused-ring (bicyclic) bond motifs is 1. The van der Waals surface area contributed by atoms with Crippen LogP contribution in [0.3, 0.4) is 0 Å². The molecule has 0 radical (unpaired) electrons. The van der Waals surface area contributed by atoms with E-state index in [1.54, 1.807) is 0 Å². The minimum atomic E-state index is -0.150. The van der Waals surface area contributed by atoms with Gasteiger partial charge in [-0.2, -0.15) is 0 Å². The summed E-state index contributed by atoms with van der Waals surface area (Å²) in [5.41, 5.74) is 0.738. The molecular formula is C16H22BrNO3. The van der Waals surface area contributed by atoms with Gasteiger partial charge in [-0.15, -0.1) is 0 Å². The van der Waals surface area contributed by atoms with Crippen LogP contribution in [0, 0.1) is 0 Å². The first-order valence-corrected chi connectivity index (χ1v) is 8.47. The van der Waals surface area contributed by atoms with Gasteiger partial charge in [-0.05, 0) is 18.6 Å². The van der Waals surface area contributed by atoms with E-state index in [2.05, 4.69) is 28.2 Å². The highest BCUT2D eigenvalue weighted by molar-refractivity contribution is 9.10. The predicted molar refractivity (Wildman–Crippen MR) is 87.5 cm³/mol. The number of carbonyl (C=O) groups excluding carboxylic acids is 1. The van der Waals surface area contributed by atoms with Gasteiger partial charge in [0.05, 0.1) is 4.83 Å². The number of rotatable bonds is 7. The van der Waals surface area contributed by atoms with E-state index in [-0.39, 0.29) is 10.7 Å². The summed E-state index contributed by atoms with van der Waals surface area (Å²) in [6.45, 7) is 3.29. The van der Waals surface area contributed by atoms with Gasteiger partial charge in [-0.25, -0.2) is 0 Å². The number of unbranched alkanes of at least 4 members (excludes halogenated alkanes) is 3. The Morgan fingerprint density at radius 3 is 2.76 bits per heavy atom. The molecular weight excluding hydrogens is 334 g/mol. The number of hydrogen-bond acceptors (Lipinski definition) is 3. The Labute approximate surface area is 134 Å². The van der Waals surface area contributed by atoms with Crippen molar-refractivity contribution in [1.29, 1.82) is 0 Å². The monoisotopic (exact) mass is 355 g/mol. The molecule has 1 aliphatic rings. The van der Waals surface area contributed by atoms with Gasteiger partial charge in [0.15, 0.2) is 11.5 Å². The zero-order valence-electron chi connectivity index (χ0n) is 12.4. The highest BCUT2D eigenvalue weighted by atomic mass is 79.9. The molecule has 0 fully saturated rings. The van der Waals surface area contributed by atoms with Gasteiger partial charge in [0.25, 0.3) is 0 Å². The first kappa shape index (κ1) is 16.1. The summed E-state index contributed by atoms with van der Waals surface area (Å²) < 4.78 is 11.0. The lowest BCUT2D eigenvalue weighted by Gasteiger charge is -2.19. The molecule has 1 atom stereocenters. The second-order valence-corrected chi connectivity index (χ2v) is 6.27. The summed E-state index contributed by atoms with van der Waals surface area (Å²) >= 11 is 3.46. The van der Waals surface area contributed by atoms with Crippen molar-refractivity contribution in [3.63, 3.8) is 0 Å².